The van der Waals surface area contributed by atoms with Crippen LogP contribution in [-0.4, -0.2) is 28.3 Å². The fourth-order valence-corrected chi connectivity index (χ4v) is 2.38. The number of hydrogen-bond donors (Lipinski definition) is 2. The van der Waals surface area contributed by atoms with Crippen LogP contribution in [0.2, 0.25) is 0 Å². The molecule has 3 aromatic rings. The van der Waals surface area contributed by atoms with Gasteiger partial charge in [-0.15, -0.1) is 9.24 Å². The molecule has 0 aliphatic carbocycles. The second-order valence-electron chi connectivity index (χ2n) is 6.34. The number of rotatable bonds is 4. The molecule has 0 spiro atoms. The summed E-state index contributed by atoms with van der Waals surface area (Å²) in [4.78, 5) is 11.4. The summed E-state index contributed by atoms with van der Waals surface area (Å²) in [5.74, 6) is -0.879. The van der Waals surface area contributed by atoms with E-state index in [4.69, 9.17) is 16.1 Å². The van der Waals surface area contributed by atoms with Gasteiger partial charge in [-0.3, -0.25) is 9.89 Å². The molecule has 6 nitrogen and oxygen atoms in total. The number of halogens is 4. The predicted molar refractivity (Wildman–Crippen MR) is 127 cm³/mol. The molecule has 176 valence electrons. The fourth-order valence-electron chi connectivity index (χ4n) is 2.09. The van der Waals surface area contributed by atoms with Crippen LogP contribution in [0, 0.1) is 0 Å². The maximum Gasteiger partial charge on any atom is 0.433 e. The SMILES string of the molecule is C=C(C)/C=C\C(=C)Cl.CNC(=O)c1cnoc1-c1cn[nH]c1C(F)(F)F.Pc1ccccc1. The Morgan fingerprint density at radius 1 is 1.21 bits per heavy atom. The first-order chi connectivity index (χ1) is 15.5. The zero-order chi connectivity index (χ0) is 25.0. The van der Waals surface area contributed by atoms with Crippen molar-refractivity contribution in [1.82, 2.24) is 20.7 Å². The number of nitrogens with zero attached hydrogens (tertiary/aromatic N) is 2. The Hall–Kier alpha value is -3.16. The Labute approximate surface area is 196 Å². The van der Waals surface area contributed by atoms with Gasteiger partial charge < -0.3 is 9.84 Å². The van der Waals surface area contributed by atoms with Crippen molar-refractivity contribution in [3.63, 3.8) is 0 Å². The van der Waals surface area contributed by atoms with E-state index in [9.17, 15) is 18.0 Å². The lowest BCUT2D eigenvalue weighted by atomic mass is 10.1. The predicted octanol–water partition coefficient (Wildman–Crippen LogP) is 5.50. The average molecular weight is 499 g/mol. The van der Waals surface area contributed by atoms with Crippen LogP contribution in [0.4, 0.5) is 13.2 Å². The molecule has 2 aromatic heterocycles. The van der Waals surface area contributed by atoms with E-state index >= 15 is 0 Å². The van der Waals surface area contributed by atoms with Crippen molar-refractivity contribution in [3.8, 4) is 11.3 Å². The summed E-state index contributed by atoms with van der Waals surface area (Å²) >= 11 is 5.40. The number of aromatic amines is 1. The Bertz CT molecular complexity index is 1080. The summed E-state index contributed by atoms with van der Waals surface area (Å²) in [6, 6.07) is 10.1. The Morgan fingerprint density at radius 3 is 2.27 bits per heavy atom. The van der Waals surface area contributed by atoms with Crippen LogP contribution >= 0.6 is 20.8 Å². The minimum atomic E-state index is -4.63. The highest BCUT2D eigenvalue weighted by Crippen LogP contribution is 2.36. The zero-order valence-electron chi connectivity index (χ0n) is 17.9. The smallest absolute Gasteiger partial charge is 0.355 e. The molecule has 11 heteroatoms. The maximum atomic E-state index is 12.7. The van der Waals surface area contributed by atoms with Crippen molar-refractivity contribution in [1.29, 1.82) is 0 Å². The minimum Gasteiger partial charge on any atom is -0.355 e. The third kappa shape index (κ3) is 9.89. The molecule has 2 N–H and O–H groups in total. The number of allylic oxidation sites excluding steroid dienone is 4. The van der Waals surface area contributed by atoms with E-state index in [1.54, 1.807) is 6.08 Å². The minimum absolute atomic E-state index is 0.0931. The van der Waals surface area contributed by atoms with Crippen LogP contribution < -0.4 is 10.6 Å². The fraction of sp³-hybridized carbons (Fsp3) is 0.136. The van der Waals surface area contributed by atoms with Crippen LogP contribution in [-0.2, 0) is 6.18 Å². The van der Waals surface area contributed by atoms with Gasteiger partial charge in [0.2, 0.25) is 0 Å². The lowest BCUT2D eigenvalue weighted by Crippen LogP contribution is -2.18. The van der Waals surface area contributed by atoms with E-state index in [0.717, 1.165) is 18.0 Å². The summed E-state index contributed by atoms with van der Waals surface area (Å²) < 4.78 is 42.7. The number of nitrogens with one attached hydrogen (secondary N) is 2. The highest BCUT2D eigenvalue weighted by atomic mass is 35.5. The summed E-state index contributed by atoms with van der Waals surface area (Å²) in [7, 11) is 3.98. The summed E-state index contributed by atoms with van der Waals surface area (Å²) in [5, 5.41) is 12.5. The van der Waals surface area contributed by atoms with Crippen LogP contribution in [0.25, 0.3) is 11.3 Å². The Balaban J connectivity index is 0.000000300. The third-order valence-electron chi connectivity index (χ3n) is 3.56. The molecule has 0 aliphatic heterocycles. The average Bonchev–Trinajstić information content (AvgIpc) is 3.42. The lowest BCUT2D eigenvalue weighted by molar-refractivity contribution is -0.140. The van der Waals surface area contributed by atoms with Crippen molar-refractivity contribution < 1.29 is 22.5 Å². The van der Waals surface area contributed by atoms with Crippen LogP contribution in [0.1, 0.15) is 23.0 Å². The van der Waals surface area contributed by atoms with Gasteiger partial charge in [0, 0.05) is 12.1 Å². The second-order valence-corrected chi connectivity index (χ2v) is 7.49. The number of alkyl halides is 3. The monoisotopic (exact) mass is 498 g/mol. The van der Waals surface area contributed by atoms with Crippen molar-refractivity contribution >= 4 is 32.1 Å². The molecule has 0 bridgehead atoms. The number of benzene rings is 1. The van der Waals surface area contributed by atoms with Crippen LogP contribution in [0.5, 0.6) is 0 Å². The molecule has 1 atom stereocenters. The van der Waals surface area contributed by atoms with Gasteiger partial charge >= 0.3 is 6.18 Å². The molecule has 1 aromatic carbocycles. The van der Waals surface area contributed by atoms with E-state index in [1.807, 2.05) is 48.4 Å². The maximum absolute atomic E-state index is 12.7. The molecule has 3 rings (SSSR count). The molecule has 0 fully saturated rings. The quantitative estimate of drug-likeness (QED) is 0.367. The van der Waals surface area contributed by atoms with E-state index in [1.165, 1.54) is 12.4 Å². The molecule has 0 radical (unpaired) electrons. The summed E-state index contributed by atoms with van der Waals surface area (Å²) in [5.41, 5.74) is -0.570. The molecular formula is C22H23ClF3N4O2P. The normalized spacial score (nSPS) is 10.5. The molecular weight excluding hydrogens is 476 g/mol. The van der Waals surface area contributed by atoms with E-state index < -0.39 is 17.8 Å². The van der Waals surface area contributed by atoms with Crippen LogP contribution in [0.3, 0.4) is 0 Å². The largest absolute Gasteiger partial charge is 0.433 e. The van der Waals surface area contributed by atoms with Gasteiger partial charge in [-0.1, -0.05) is 71.9 Å². The van der Waals surface area contributed by atoms with Gasteiger partial charge in [-0.25, -0.2) is 0 Å². The molecule has 1 unspecified atom stereocenters. The molecule has 0 saturated heterocycles. The van der Waals surface area contributed by atoms with Gasteiger partial charge in [-0.05, 0) is 18.3 Å². The number of carbonyl (C=O) groups is 1. The van der Waals surface area contributed by atoms with Gasteiger partial charge in [0.05, 0.1) is 18.0 Å². The topological polar surface area (TPSA) is 83.8 Å². The second kappa shape index (κ2) is 13.4. The first-order valence-electron chi connectivity index (χ1n) is 9.23. The van der Waals surface area contributed by atoms with Gasteiger partial charge in [0.15, 0.2) is 11.5 Å². The number of carbonyl (C=O) groups excluding carboxylic acids is 1. The molecule has 33 heavy (non-hydrogen) atoms. The van der Waals surface area contributed by atoms with E-state index in [0.29, 0.717) is 5.03 Å². The Kier molecular flexibility index (Phi) is 11.3. The van der Waals surface area contributed by atoms with Crippen LogP contribution in [0.15, 0.2) is 83.2 Å². The zero-order valence-corrected chi connectivity index (χ0v) is 19.8. The first-order valence-corrected chi connectivity index (χ1v) is 10.2. The third-order valence-corrected chi connectivity index (χ3v) is 4.07. The molecule has 0 saturated carbocycles. The molecule has 0 aliphatic rings. The van der Waals surface area contributed by atoms with Gasteiger partial charge in [0.1, 0.15) is 5.56 Å². The number of hydrogen-bond acceptors (Lipinski definition) is 4. The standard InChI is InChI=1S/C9H7F3N4O2.C7H9Cl.C6H7P/c1-13-8(17)5-3-15-18-6(5)4-2-14-16-7(4)9(10,11)12;1-6(2)4-5-7(3)8;7-6-4-2-1-3-5-6/h2-3H,1H3,(H,13,17)(H,14,16);4-5H,1,3H2,2H3;1-5H,7H2/b;5-4-;. The van der Waals surface area contributed by atoms with E-state index in [-0.39, 0.29) is 16.9 Å². The lowest BCUT2D eigenvalue weighted by Gasteiger charge is -2.05. The highest BCUT2D eigenvalue weighted by Gasteiger charge is 2.38. The number of amides is 1. The van der Waals surface area contributed by atoms with Crippen molar-refractivity contribution in [2.75, 3.05) is 7.05 Å². The number of aromatic nitrogens is 3. The van der Waals surface area contributed by atoms with Gasteiger partial charge in [-0.2, -0.15) is 18.3 Å². The molecule has 2 heterocycles. The molecule has 1 amide bonds. The first kappa shape index (κ1) is 27.9. The van der Waals surface area contributed by atoms with Crippen molar-refractivity contribution in [2.45, 2.75) is 13.1 Å². The van der Waals surface area contributed by atoms with Crippen molar-refractivity contribution in [2.24, 2.45) is 0 Å². The summed E-state index contributed by atoms with van der Waals surface area (Å²) in [6.07, 6.45) is 0.870. The number of H-pyrrole nitrogens is 1. The highest BCUT2D eigenvalue weighted by molar-refractivity contribution is 7.27. The van der Waals surface area contributed by atoms with Gasteiger partial charge in [0.25, 0.3) is 5.91 Å². The summed E-state index contributed by atoms with van der Waals surface area (Å²) in [6.45, 7) is 9.00. The van der Waals surface area contributed by atoms with E-state index in [2.05, 4.69) is 38.0 Å². The van der Waals surface area contributed by atoms with Crippen molar-refractivity contribution in [3.05, 3.63) is 89.9 Å². The Morgan fingerprint density at radius 2 is 1.85 bits per heavy atom.